The quantitative estimate of drug-likeness (QED) is 0.00864. The second-order valence-corrected chi connectivity index (χ2v) is 25.6. The Kier molecular flexibility index (Phi) is 32.3. The number of carboxylic acids is 2. The molecule has 38 heteroatoms. The van der Waals surface area contributed by atoms with Gasteiger partial charge in [0, 0.05) is 79.3 Å². The number of likely N-dealkylation sites (tertiary alicyclic amines) is 1. The van der Waals surface area contributed by atoms with Crippen LogP contribution in [0.25, 0.3) is 10.9 Å². The number of guanidine groups is 1. The lowest BCUT2D eigenvalue weighted by Crippen LogP contribution is -2.61. The number of nitrogens with two attached hydrogens (primary N) is 4. The highest BCUT2D eigenvalue weighted by atomic mass is 32.1. The second kappa shape index (κ2) is 40.1. The number of phenolic OH excluding ortho intramolecular Hbond substituents is 1. The molecule has 1 aliphatic heterocycles. The normalized spacial score (nSPS) is 15.9. The summed E-state index contributed by atoms with van der Waals surface area (Å²) in [6, 6.07) is -4.81. The Morgan fingerprint density at radius 3 is 1.77 bits per heavy atom. The van der Waals surface area contributed by atoms with Crippen LogP contribution in [0.3, 0.4) is 0 Å². The Morgan fingerprint density at radius 1 is 0.618 bits per heavy atom. The minimum Gasteiger partial charge on any atom is -0.508 e. The number of H-pyrrole nitrogens is 2. The first-order chi connectivity index (χ1) is 48.3. The molecule has 0 aliphatic carbocycles. The van der Waals surface area contributed by atoms with Crippen LogP contribution in [-0.4, -0.2) is 221 Å². The van der Waals surface area contributed by atoms with E-state index in [-0.39, 0.29) is 93.6 Å². The number of fused-ring (bicyclic) bond motifs is 1. The molecule has 5 rings (SSSR count). The molecule has 12 atom stereocenters. The van der Waals surface area contributed by atoms with E-state index >= 15 is 9.59 Å². The SMILES string of the molecule is CC(C)C[C@H](NC(=O)[C@H](Cc1cnc[nH]1)NC(=O)[C@H](CCC(N)=O)NC(=O)[C@@H]1CCCN1C(=O)[C@H](Cc1ccc(O)cc1)NC(=O)[C@H](Cc1c[nH]c2ccccc12)NC(=O)[C@H](C)NC(=O)[C@H](C)NC(=O)[C@H](CCCN=C(N)N)NC(=O)[C@H](CC(=O)O)NC(=O)[C@@H](N)CS)C(=O)N[C@@H](CS)C(=O)O. The molecule has 1 saturated heterocycles. The zero-order valence-corrected chi connectivity index (χ0v) is 58.4. The van der Waals surface area contributed by atoms with Crippen LogP contribution in [0.1, 0.15) is 95.9 Å². The van der Waals surface area contributed by atoms with Crippen molar-refractivity contribution in [2.24, 2.45) is 33.8 Å². The number of hydrogen-bond donors (Lipinski definition) is 21. The molecule has 2 aromatic heterocycles. The van der Waals surface area contributed by atoms with Crippen molar-refractivity contribution in [3.8, 4) is 5.75 Å². The van der Waals surface area contributed by atoms with Gasteiger partial charge in [-0.3, -0.25) is 67.3 Å². The Morgan fingerprint density at radius 2 is 1.17 bits per heavy atom. The smallest absolute Gasteiger partial charge is 0.327 e. The van der Waals surface area contributed by atoms with E-state index < -0.39 is 175 Å². The van der Waals surface area contributed by atoms with E-state index in [4.69, 9.17) is 22.9 Å². The molecule has 4 aromatic rings. The number of benzene rings is 2. The van der Waals surface area contributed by atoms with E-state index in [1.54, 1.807) is 44.3 Å². The van der Waals surface area contributed by atoms with Crippen molar-refractivity contribution in [3.63, 3.8) is 0 Å². The number of nitrogens with one attached hydrogen (secondary N) is 12. The van der Waals surface area contributed by atoms with E-state index in [2.05, 4.69) is 98.4 Å². The van der Waals surface area contributed by atoms with Crippen LogP contribution in [0.15, 0.2) is 72.2 Å². The summed E-state index contributed by atoms with van der Waals surface area (Å²) in [5, 5.41) is 55.2. The summed E-state index contributed by atoms with van der Waals surface area (Å²) in [7, 11) is 0. The number of imidazole rings is 1. The first-order valence-electron chi connectivity index (χ1n) is 32.7. The maximum atomic E-state index is 15.2. The number of phenols is 1. The summed E-state index contributed by atoms with van der Waals surface area (Å²) in [6.07, 6.45) is 1.96. The fraction of sp³-hybridized carbons (Fsp3) is 0.500. The van der Waals surface area contributed by atoms with Gasteiger partial charge in [-0.15, -0.1) is 0 Å². The van der Waals surface area contributed by atoms with Crippen LogP contribution >= 0.6 is 25.3 Å². The molecule has 1 fully saturated rings. The molecule has 0 bridgehead atoms. The number of aromatic amines is 2. The van der Waals surface area contributed by atoms with Gasteiger partial charge in [0.15, 0.2) is 5.96 Å². The third-order valence-corrected chi connectivity index (χ3v) is 17.0. The van der Waals surface area contributed by atoms with Gasteiger partial charge < -0.3 is 106 Å². The summed E-state index contributed by atoms with van der Waals surface area (Å²) < 4.78 is 0. The number of carbonyl (C=O) groups is 14. The number of aromatic hydroxyl groups is 1. The molecule has 0 unspecified atom stereocenters. The summed E-state index contributed by atoms with van der Waals surface area (Å²) in [6.45, 7) is 5.96. The minimum atomic E-state index is -1.71. The van der Waals surface area contributed by atoms with Crippen LogP contribution in [-0.2, 0) is 86.4 Å². The molecule has 102 heavy (non-hydrogen) atoms. The number of primary amides is 1. The monoisotopic (exact) mass is 1460 g/mol. The Bertz CT molecular complexity index is 3650. The number of aromatic nitrogens is 3. The number of amides is 12. The molecular weight excluding hydrogens is 1370 g/mol. The standard InChI is InChI=1S/C64H91N19O17S2/c1-31(2)21-43(57(93)82-48(29-102)63(99)100)79-59(95)45(24-36-27-69-30-72-36)80-56(92)42(17-18-50(66)85)76-61(97)49-12-8-20-83(49)62(98)47(22-34-13-15-37(84)16-14-34)81-58(94)44(23-35-26-71-40-10-6-5-9-38(35)40)77-53(89)33(4)73-52(88)32(3)74-55(91)41(11-7-19-70-64(67)68)75-60(96)46(25-51(86)87)78-54(90)39(65)28-101/h5-6,9-10,13-16,26-27,30-33,39,41-49,71,84,101-102H,7-8,11-12,17-25,28-29,65H2,1-4H3,(H2,66,85)(H,69,72)(H,73,88)(H,74,91)(H,75,96)(H,76,97)(H,77,89)(H,78,90)(H,79,95)(H,80,92)(H,81,94)(H,82,93)(H,86,87)(H,99,100)(H4,67,68,70)/t32-,33-,39-,41-,42-,43-,44-,45-,46-,47-,48-,49-/m0/s1. The highest BCUT2D eigenvalue weighted by Crippen LogP contribution is 2.23. The molecule has 0 spiro atoms. The van der Waals surface area contributed by atoms with E-state index in [1.165, 1.54) is 55.5 Å². The number of para-hydroxylation sites is 1. The topological polar surface area (TPSA) is 584 Å². The molecule has 36 nitrogen and oxygen atoms in total. The van der Waals surface area contributed by atoms with Crippen molar-refractivity contribution in [2.75, 3.05) is 24.6 Å². The van der Waals surface area contributed by atoms with Gasteiger partial charge >= 0.3 is 11.9 Å². The highest BCUT2D eigenvalue weighted by molar-refractivity contribution is 7.80. The average Bonchev–Trinajstić information content (AvgIpc) is 1.62. The number of carbonyl (C=O) groups excluding carboxylic acids is 12. The lowest BCUT2D eigenvalue weighted by atomic mass is 10.0. The van der Waals surface area contributed by atoms with Crippen LogP contribution < -0.4 is 76.1 Å². The van der Waals surface area contributed by atoms with Gasteiger partial charge in [0.25, 0.3) is 0 Å². The third-order valence-electron chi connectivity index (χ3n) is 16.3. The summed E-state index contributed by atoms with van der Waals surface area (Å²) in [5.41, 5.74) is 24.1. The first-order valence-corrected chi connectivity index (χ1v) is 34.0. The number of aliphatic carboxylic acids is 2. The van der Waals surface area contributed by atoms with Gasteiger partial charge in [-0.25, -0.2) is 9.78 Å². The second-order valence-electron chi connectivity index (χ2n) is 24.8. The zero-order chi connectivity index (χ0) is 75.5. The van der Waals surface area contributed by atoms with Crippen LogP contribution in [0, 0.1) is 5.92 Å². The number of thiol groups is 2. The molecule has 0 radical (unpaired) electrons. The first kappa shape index (κ1) is 82.2. The van der Waals surface area contributed by atoms with E-state index in [0.29, 0.717) is 27.7 Å². The predicted molar refractivity (Wildman–Crippen MR) is 375 cm³/mol. The van der Waals surface area contributed by atoms with Crippen molar-refractivity contribution in [3.05, 3.63) is 84.1 Å². The third kappa shape index (κ3) is 25.9. The predicted octanol–water partition coefficient (Wildman–Crippen LogP) is -4.39. The molecule has 556 valence electrons. The van der Waals surface area contributed by atoms with E-state index in [0.717, 1.165) is 0 Å². The van der Waals surface area contributed by atoms with Crippen molar-refractivity contribution < 1.29 is 82.4 Å². The molecule has 23 N–H and O–H groups in total. The van der Waals surface area contributed by atoms with Gasteiger partial charge in [0.2, 0.25) is 70.9 Å². The fourth-order valence-electron chi connectivity index (χ4n) is 10.8. The van der Waals surface area contributed by atoms with Crippen molar-refractivity contribution in [1.82, 2.24) is 73.0 Å². The summed E-state index contributed by atoms with van der Waals surface area (Å²) in [4.78, 5) is 206. The van der Waals surface area contributed by atoms with Gasteiger partial charge in [-0.2, -0.15) is 25.3 Å². The van der Waals surface area contributed by atoms with Crippen molar-refractivity contribution in [1.29, 1.82) is 0 Å². The lowest BCUT2D eigenvalue weighted by molar-refractivity contribution is -0.142. The van der Waals surface area contributed by atoms with Crippen LogP contribution in [0.4, 0.5) is 0 Å². The highest BCUT2D eigenvalue weighted by Gasteiger charge is 2.41. The molecule has 1 aliphatic rings. The van der Waals surface area contributed by atoms with Gasteiger partial charge in [-0.1, -0.05) is 44.2 Å². The van der Waals surface area contributed by atoms with E-state index in [1.807, 2.05) is 0 Å². The van der Waals surface area contributed by atoms with E-state index in [9.17, 15) is 72.9 Å². The zero-order valence-electron chi connectivity index (χ0n) is 56.6. The minimum absolute atomic E-state index is 0.0216. The van der Waals surface area contributed by atoms with Crippen LogP contribution in [0.2, 0.25) is 0 Å². The molecule has 2 aromatic carbocycles. The van der Waals surface area contributed by atoms with Crippen LogP contribution in [0.5, 0.6) is 5.75 Å². The Hall–Kier alpha value is -10.5. The number of nitrogens with zero attached hydrogens (tertiary/aromatic N) is 3. The number of carboxylic acid groups (broad SMARTS) is 2. The Balaban J connectivity index is 1.39. The number of rotatable bonds is 41. The maximum absolute atomic E-state index is 15.2. The largest absolute Gasteiger partial charge is 0.508 e. The average molecular weight is 1460 g/mol. The number of aliphatic imine (C=N–C) groups is 1. The summed E-state index contributed by atoms with van der Waals surface area (Å²) >= 11 is 7.97. The lowest BCUT2D eigenvalue weighted by Gasteiger charge is -2.31. The Labute approximate surface area is 596 Å². The fourth-order valence-corrected chi connectivity index (χ4v) is 11.2. The number of hydrogen-bond acceptors (Lipinski definition) is 20. The van der Waals surface area contributed by atoms with Crippen molar-refractivity contribution >= 4 is 125 Å². The maximum Gasteiger partial charge on any atom is 0.327 e. The molecule has 3 heterocycles. The summed E-state index contributed by atoms with van der Waals surface area (Å²) in [5.74, 6) is -15.0. The van der Waals surface area contributed by atoms with Gasteiger partial charge in [0.05, 0.1) is 18.8 Å². The van der Waals surface area contributed by atoms with Gasteiger partial charge in [0.1, 0.15) is 72.2 Å². The molecular formula is C64H91N19O17S2. The molecule has 0 saturated carbocycles. The van der Waals surface area contributed by atoms with Crippen molar-refractivity contribution in [2.45, 2.75) is 171 Å². The van der Waals surface area contributed by atoms with Gasteiger partial charge in [-0.05, 0) is 87.6 Å². The molecule has 12 amide bonds.